The maximum absolute atomic E-state index is 12.0. The quantitative estimate of drug-likeness (QED) is 0.837. The molecule has 5 heteroatoms. The molecule has 1 aliphatic carbocycles. The Morgan fingerprint density at radius 1 is 1.14 bits per heavy atom. The molecule has 3 rings (SSSR count). The van der Waals surface area contributed by atoms with Crippen LogP contribution in [0.2, 0.25) is 0 Å². The van der Waals surface area contributed by atoms with E-state index in [0.29, 0.717) is 17.2 Å². The van der Waals surface area contributed by atoms with Crippen molar-refractivity contribution in [3.63, 3.8) is 0 Å². The van der Waals surface area contributed by atoms with Gasteiger partial charge >= 0.3 is 6.03 Å². The van der Waals surface area contributed by atoms with Gasteiger partial charge in [0.2, 0.25) is 0 Å². The van der Waals surface area contributed by atoms with E-state index in [1.807, 2.05) is 0 Å². The van der Waals surface area contributed by atoms with E-state index >= 15 is 0 Å². The lowest BCUT2D eigenvalue weighted by Gasteiger charge is -2.19. The predicted molar refractivity (Wildman–Crippen MR) is 79.5 cm³/mol. The van der Waals surface area contributed by atoms with Gasteiger partial charge in [-0.2, -0.15) is 0 Å². The van der Waals surface area contributed by atoms with E-state index < -0.39 is 0 Å². The summed E-state index contributed by atoms with van der Waals surface area (Å²) in [6.45, 7) is 2.24. The fraction of sp³-hybridized carbons (Fsp3) is 0.500. The number of nitrogens with one attached hydrogen (secondary N) is 2. The maximum Gasteiger partial charge on any atom is 0.319 e. The second-order valence-corrected chi connectivity index (χ2v) is 5.80. The van der Waals surface area contributed by atoms with E-state index in [0.717, 1.165) is 13.0 Å². The van der Waals surface area contributed by atoms with Crippen LogP contribution in [0.4, 0.5) is 10.5 Å². The van der Waals surface area contributed by atoms with E-state index in [1.165, 1.54) is 19.8 Å². The van der Waals surface area contributed by atoms with Gasteiger partial charge in [-0.3, -0.25) is 4.79 Å². The zero-order valence-corrected chi connectivity index (χ0v) is 12.1. The third-order valence-corrected chi connectivity index (χ3v) is 4.09. The fourth-order valence-electron chi connectivity index (χ4n) is 2.78. The summed E-state index contributed by atoms with van der Waals surface area (Å²) in [7, 11) is 0. The van der Waals surface area contributed by atoms with Crippen molar-refractivity contribution in [2.75, 3.05) is 11.9 Å². The normalized spacial score (nSPS) is 24.6. The van der Waals surface area contributed by atoms with Gasteiger partial charge in [-0.1, -0.05) is 0 Å². The molecule has 5 nitrogen and oxygen atoms in total. The Kier molecular flexibility index (Phi) is 3.92. The SMILES string of the molecule is CC(=O)c1ccc(NC(=O)NC2CCOC2C2CC2)cc1. The van der Waals surface area contributed by atoms with Crippen LogP contribution in [-0.4, -0.2) is 30.6 Å². The van der Waals surface area contributed by atoms with Gasteiger partial charge in [-0.05, 0) is 56.4 Å². The highest BCUT2D eigenvalue weighted by Gasteiger charge is 2.41. The van der Waals surface area contributed by atoms with Crippen LogP contribution < -0.4 is 10.6 Å². The summed E-state index contributed by atoms with van der Waals surface area (Å²) in [6.07, 6.45) is 3.46. The Hall–Kier alpha value is -1.88. The average Bonchev–Trinajstić information content (AvgIpc) is 3.20. The van der Waals surface area contributed by atoms with Gasteiger partial charge in [0.15, 0.2) is 5.78 Å². The number of amides is 2. The van der Waals surface area contributed by atoms with Crippen LogP contribution in [0.25, 0.3) is 0 Å². The summed E-state index contributed by atoms with van der Waals surface area (Å²) in [5.74, 6) is 0.633. The number of urea groups is 1. The smallest absolute Gasteiger partial charge is 0.319 e. The van der Waals surface area contributed by atoms with Gasteiger partial charge in [0, 0.05) is 17.9 Å². The summed E-state index contributed by atoms with van der Waals surface area (Å²) >= 11 is 0. The van der Waals surface area contributed by atoms with Crippen LogP contribution in [0.15, 0.2) is 24.3 Å². The molecule has 2 amide bonds. The summed E-state index contributed by atoms with van der Waals surface area (Å²) in [6, 6.07) is 6.79. The van der Waals surface area contributed by atoms with E-state index in [2.05, 4.69) is 10.6 Å². The second kappa shape index (κ2) is 5.85. The second-order valence-electron chi connectivity index (χ2n) is 5.80. The third kappa shape index (κ3) is 3.42. The molecule has 2 aliphatic rings. The highest BCUT2D eigenvalue weighted by atomic mass is 16.5. The molecule has 0 spiro atoms. The molecule has 2 N–H and O–H groups in total. The van der Waals surface area contributed by atoms with Crippen LogP contribution in [0, 0.1) is 5.92 Å². The first-order valence-electron chi connectivity index (χ1n) is 7.43. The number of benzene rings is 1. The van der Waals surface area contributed by atoms with Crippen molar-refractivity contribution < 1.29 is 14.3 Å². The van der Waals surface area contributed by atoms with Crippen molar-refractivity contribution in [1.29, 1.82) is 0 Å². The third-order valence-electron chi connectivity index (χ3n) is 4.09. The van der Waals surface area contributed by atoms with E-state index in [1.54, 1.807) is 24.3 Å². The Balaban J connectivity index is 1.54. The number of rotatable bonds is 4. The summed E-state index contributed by atoms with van der Waals surface area (Å²) < 4.78 is 5.70. The van der Waals surface area contributed by atoms with Crippen LogP contribution in [0.3, 0.4) is 0 Å². The lowest BCUT2D eigenvalue weighted by atomic mass is 10.1. The number of carbonyl (C=O) groups is 2. The molecule has 1 heterocycles. The minimum absolute atomic E-state index is 0.0152. The molecular formula is C16H20N2O3. The molecule has 1 aromatic rings. The van der Waals surface area contributed by atoms with E-state index in [9.17, 15) is 9.59 Å². The van der Waals surface area contributed by atoms with Gasteiger partial charge in [0.1, 0.15) is 0 Å². The van der Waals surface area contributed by atoms with Crippen molar-refractivity contribution in [1.82, 2.24) is 5.32 Å². The molecule has 2 fully saturated rings. The van der Waals surface area contributed by atoms with Gasteiger partial charge in [0.25, 0.3) is 0 Å². The van der Waals surface area contributed by atoms with Crippen molar-refractivity contribution in [2.24, 2.45) is 5.92 Å². The van der Waals surface area contributed by atoms with Gasteiger partial charge in [-0.25, -0.2) is 4.79 Å². The van der Waals surface area contributed by atoms with Crippen LogP contribution in [-0.2, 0) is 4.74 Å². The summed E-state index contributed by atoms with van der Waals surface area (Å²) in [4.78, 5) is 23.2. The Labute approximate surface area is 124 Å². The zero-order valence-electron chi connectivity index (χ0n) is 12.1. The molecule has 2 unspecified atom stereocenters. The molecule has 21 heavy (non-hydrogen) atoms. The first-order chi connectivity index (χ1) is 10.1. The minimum atomic E-state index is -0.216. The maximum atomic E-state index is 12.0. The topological polar surface area (TPSA) is 67.4 Å². The number of anilines is 1. The number of ether oxygens (including phenoxy) is 1. The highest BCUT2D eigenvalue weighted by Crippen LogP contribution is 2.38. The predicted octanol–water partition coefficient (Wildman–Crippen LogP) is 2.58. The van der Waals surface area contributed by atoms with Crippen LogP contribution in [0.5, 0.6) is 0 Å². The number of hydrogen-bond acceptors (Lipinski definition) is 3. The lowest BCUT2D eigenvalue weighted by molar-refractivity contribution is 0.0829. The number of hydrogen-bond donors (Lipinski definition) is 2. The van der Waals surface area contributed by atoms with Crippen molar-refractivity contribution >= 4 is 17.5 Å². The molecule has 0 bridgehead atoms. The minimum Gasteiger partial charge on any atom is -0.376 e. The van der Waals surface area contributed by atoms with Gasteiger partial charge in [-0.15, -0.1) is 0 Å². The molecule has 1 aliphatic heterocycles. The van der Waals surface area contributed by atoms with E-state index in [4.69, 9.17) is 4.74 Å². The van der Waals surface area contributed by atoms with Gasteiger partial charge in [0.05, 0.1) is 12.1 Å². The van der Waals surface area contributed by atoms with Crippen LogP contribution in [0.1, 0.15) is 36.5 Å². The monoisotopic (exact) mass is 288 g/mol. The Bertz CT molecular complexity index is 537. The van der Waals surface area contributed by atoms with E-state index in [-0.39, 0.29) is 24.0 Å². The highest BCUT2D eigenvalue weighted by molar-refractivity contribution is 5.95. The van der Waals surface area contributed by atoms with Gasteiger partial charge < -0.3 is 15.4 Å². The average molecular weight is 288 g/mol. The largest absolute Gasteiger partial charge is 0.376 e. The molecule has 1 saturated heterocycles. The molecule has 0 aromatic heterocycles. The summed E-state index contributed by atoms with van der Waals surface area (Å²) in [5.41, 5.74) is 1.32. The Morgan fingerprint density at radius 2 is 1.86 bits per heavy atom. The molecule has 0 radical (unpaired) electrons. The van der Waals surface area contributed by atoms with Crippen molar-refractivity contribution in [2.45, 2.75) is 38.3 Å². The molecule has 1 saturated carbocycles. The summed E-state index contributed by atoms with van der Waals surface area (Å²) in [5, 5.41) is 5.79. The van der Waals surface area contributed by atoms with Crippen LogP contribution >= 0.6 is 0 Å². The first-order valence-corrected chi connectivity index (χ1v) is 7.43. The fourth-order valence-corrected chi connectivity index (χ4v) is 2.78. The van der Waals surface area contributed by atoms with Crippen molar-refractivity contribution in [3.8, 4) is 0 Å². The van der Waals surface area contributed by atoms with Crippen molar-refractivity contribution in [3.05, 3.63) is 29.8 Å². The zero-order chi connectivity index (χ0) is 14.8. The molecule has 2 atom stereocenters. The molecular weight excluding hydrogens is 268 g/mol. The number of ketones is 1. The standard InChI is InChI=1S/C16H20N2O3/c1-10(19)11-4-6-13(7-5-11)17-16(20)18-14-8-9-21-15(14)12-2-3-12/h4-7,12,14-15H,2-3,8-9H2,1H3,(H2,17,18,20). The molecule has 1 aromatic carbocycles. The Morgan fingerprint density at radius 3 is 2.48 bits per heavy atom. The number of Topliss-reactive ketones (excluding diaryl/α,β-unsaturated/α-hetero) is 1. The molecule has 112 valence electrons. The first kappa shape index (κ1) is 14.1. The lowest BCUT2D eigenvalue weighted by Crippen LogP contribution is -2.43. The number of carbonyl (C=O) groups excluding carboxylic acids is 2.